The number of benzene rings is 1. The molecule has 0 fully saturated rings. The Bertz CT molecular complexity index is 746. The summed E-state index contributed by atoms with van der Waals surface area (Å²) in [5.74, 6) is -2.73. The molecule has 0 radical (unpaired) electrons. The maximum atomic E-state index is 12.6. The first-order valence-electron chi connectivity index (χ1n) is 8.15. The van der Waals surface area contributed by atoms with Crippen LogP contribution in [-0.2, 0) is 30.3 Å². The van der Waals surface area contributed by atoms with E-state index in [2.05, 4.69) is 5.32 Å². The molecule has 0 aromatic heterocycles. The van der Waals surface area contributed by atoms with Crippen LogP contribution in [0.4, 0.5) is 5.69 Å². The van der Waals surface area contributed by atoms with Crippen LogP contribution in [0.5, 0.6) is 0 Å². The number of ether oxygens (including phenoxy) is 2. The molecule has 0 unspecified atom stereocenters. The number of nitro benzene ring substituents is 1. The van der Waals surface area contributed by atoms with Crippen molar-refractivity contribution in [1.29, 1.82) is 0 Å². The van der Waals surface area contributed by atoms with Crippen LogP contribution in [0.15, 0.2) is 12.1 Å². The molecular weight excluding hydrogens is 380 g/mol. The van der Waals surface area contributed by atoms with E-state index in [1.54, 1.807) is 6.92 Å². The lowest BCUT2D eigenvalue weighted by molar-refractivity contribution is -0.384. The molecule has 0 atom stereocenters. The van der Waals surface area contributed by atoms with Crippen molar-refractivity contribution in [2.24, 2.45) is 0 Å². The molecule has 0 saturated heterocycles. The van der Waals surface area contributed by atoms with Gasteiger partial charge in [0.2, 0.25) is 11.4 Å². The van der Waals surface area contributed by atoms with Crippen molar-refractivity contribution in [2.45, 2.75) is 39.7 Å². The summed E-state index contributed by atoms with van der Waals surface area (Å²) in [5, 5.41) is 13.5. The number of nitro groups is 1. The Hall–Kier alpha value is -2.68. The third kappa shape index (κ3) is 5.16. The summed E-state index contributed by atoms with van der Waals surface area (Å²) >= 11 is 6.05. The fourth-order valence-corrected chi connectivity index (χ4v) is 2.71. The van der Waals surface area contributed by atoms with Crippen molar-refractivity contribution >= 4 is 35.1 Å². The highest BCUT2D eigenvalue weighted by atomic mass is 35.5. The van der Waals surface area contributed by atoms with Gasteiger partial charge in [-0.1, -0.05) is 11.6 Å². The minimum absolute atomic E-state index is 0.0474. The average Bonchev–Trinajstić information content (AvgIpc) is 2.57. The number of esters is 2. The van der Waals surface area contributed by atoms with E-state index in [0.717, 1.165) is 13.0 Å². The van der Waals surface area contributed by atoms with Gasteiger partial charge in [-0.05, 0) is 31.9 Å². The van der Waals surface area contributed by atoms with Crippen LogP contribution in [-0.4, -0.2) is 41.5 Å². The van der Waals surface area contributed by atoms with E-state index < -0.39 is 34.7 Å². The van der Waals surface area contributed by atoms with Gasteiger partial charge in [0.25, 0.3) is 5.69 Å². The molecule has 1 rings (SSSR count). The van der Waals surface area contributed by atoms with Crippen LogP contribution < -0.4 is 5.32 Å². The number of hydrogen-bond donors (Lipinski definition) is 1. The Kier molecular flexibility index (Phi) is 7.71. The molecule has 1 aromatic rings. The van der Waals surface area contributed by atoms with Gasteiger partial charge in [0.05, 0.1) is 23.2 Å². The van der Waals surface area contributed by atoms with Crippen LogP contribution in [0, 0.1) is 17.0 Å². The number of hydrogen-bond acceptors (Lipinski definition) is 7. The number of nitrogens with zero attached hydrogens (tertiary/aromatic N) is 1. The number of carbonyl (C=O) groups excluding carboxylic acids is 3. The molecule has 148 valence electrons. The van der Waals surface area contributed by atoms with Crippen molar-refractivity contribution in [2.75, 3.05) is 13.2 Å². The SMILES string of the molecule is CCOC(=O)C(Cc1cc([N+](=O)[O-])cc(Cl)c1C)(NC(C)=O)C(=O)OCC. The van der Waals surface area contributed by atoms with E-state index in [-0.39, 0.29) is 29.5 Å². The van der Waals surface area contributed by atoms with Crippen LogP contribution in [0.3, 0.4) is 0 Å². The molecular formula is C17H21ClN2O7. The number of halogens is 1. The van der Waals surface area contributed by atoms with Gasteiger partial charge in [-0.3, -0.25) is 14.9 Å². The van der Waals surface area contributed by atoms with E-state index in [4.69, 9.17) is 21.1 Å². The third-order valence-electron chi connectivity index (χ3n) is 3.74. The maximum absolute atomic E-state index is 12.6. The zero-order valence-corrected chi connectivity index (χ0v) is 16.2. The lowest BCUT2D eigenvalue weighted by Gasteiger charge is -2.30. The van der Waals surface area contributed by atoms with Crippen molar-refractivity contribution in [3.05, 3.63) is 38.4 Å². The summed E-state index contributed by atoms with van der Waals surface area (Å²) in [6.07, 6.45) is -0.419. The quantitative estimate of drug-likeness (QED) is 0.306. The third-order valence-corrected chi connectivity index (χ3v) is 4.13. The van der Waals surface area contributed by atoms with Gasteiger partial charge >= 0.3 is 11.9 Å². The molecule has 27 heavy (non-hydrogen) atoms. The van der Waals surface area contributed by atoms with Crippen molar-refractivity contribution in [3.63, 3.8) is 0 Å². The Morgan fingerprint density at radius 1 is 1.19 bits per heavy atom. The fraction of sp³-hybridized carbons (Fsp3) is 0.471. The normalized spacial score (nSPS) is 10.9. The number of amides is 1. The largest absolute Gasteiger partial charge is 0.464 e. The van der Waals surface area contributed by atoms with E-state index in [1.165, 1.54) is 19.9 Å². The predicted octanol–water partition coefficient (Wildman–Crippen LogP) is 2.10. The Morgan fingerprint density at radius 3 is 2.11 bits per heavy atom. The summed E-state index contributed by atoms with van der Waals surface area (Å²) in [5.41, 5.74) is -1.86. The van der Waals surface area contributed by atoms with Crippen LogP contribution in [0.1, 0.15) is 31.9 Å². The summed E-state index contributed by atoms with van der Waals surface area (Å²) in [7, 11) is 0. The molecule has 9 nitrogen and oxygen atoms in total. The van der Waals surface area contributed by atoms with Gasteiger partial charge in [-0.2, -0.15) is 0 Å². The van der Waals surface area contributed by atoms with E-state index in [1.807, 2.05) is 0 Å². The van der Waals surface area contributed by atoms with Crippen molar-refractivity contribution in [3.8, 4) is 0 Å². The number of carbonyl (C=O) groups is 3. The Morgan fingerprint density at radius 2 is 1.70 bits per heavy atom. The first-order valence-corrected chi connectivity index (χ1v) is 8.53. The average molecular weight is 401 g/mol. The second-order valence-corrected chi connectivity index (χ2v) is 6.08. The van der Waals surface area contributed by atoms with Crippen LogP contribution >= 0.6 is 11.6 Å². The summed E-state index contributed by atoms with van der Waals surface area (Å²) in [6.45, 7) is 5.69. The Balaban J connectivity index is 3.59. The van der Waals surface area contributed by atoms with E-state index in [0.29, 0.717) is 5.56 Å². The van der Waals surface area contributed by atoms with Gasteiger partial charge < -0.3 is 14.8 Å². The van der Waals surface area contributed by atoms with Crippen molar-refractivity contribution < 1.29 is 28.8 Å². The molecule has 0 aliphatic carbocycles. The topological polar surface area (TPSA) is 125 Å². The van der Waals surface area contributed by atoms with Gasteiger partial charge in [0.1, 0.15) is 0 Å². The summed E-state index contributed by atoms with van der Waals surface area (Å²) < 4.78 is 9.95. The molecule has 1 N–H and O–H groups in total. The smallest absolute Gasteiger partial charge is 0.344 e. The summed E-state index contributed by atoms with van der Waals surface area (Å²) in [6, 6.07) is 2.35. The first-order chi connectivity index (χ1) is 12.6. The fourth-order valence-electron chi connectivity index (χ4n) is 2.48. The second-order valence-electron chi connectivity index (χ2n) is 5.67. The molecule has 0 saturated carbocycles. The van der Waals surface area contributed by atoms with Crippen LogP contribution in [0.2, 0.25) is 5.02 Å². The molecule has 1 aromatic carbocycles. The summed E-state index contributed by atoms with van der Waals surface area (Å²) in [4.78, 5) is 47.5. The molecule has 0 aliphatic heterocycles. The minimum atomic E-state index is -2.19. The number of non-ortho nitro benzene ring substituents is 1. The molecule has 0 aliphatic rings. The van der Waals surface area contributed by atoms with Gasteiger partial charge in [0, 0.05) is 25.5 Å². The van der Waals surface area contributed by atoms with E-state index >= 15 is 0 Å². The molecule has 1 amide bonds. The molecule has 0 spiro atoms. The standard InChI is InChI=1S/C17H21ClN2O7/c1-5-26-15(22)17(19-11(4)21,16(23)27-6-2)9-12-7-13(20(24)25)8-14(18)10(12)3/h7-8H,5-6,9H2,1-4H3,(H,19,21). The predicted molar refractivity (Wildman–Crippen MR) is 96.4 cm³/mol. The monoisotopic (exact) mass is 400 g/mol. The van der Waals surface area contributed by atoms with Crippen LogP contribution in [0.25, 0.3) is 0 Å². The first kappa shape index (κ1) is 22.4. The molecule has 10 heteroatoms. The second kappa shape index (κ2) is 9.31. The molecule has 0 heterocycles. The maximum Gasteiger partial charge on any atom is 0.344 e. The lowest BCUT2D eigenvalue weighted by atomic mass is 9.88. The van der Waals surface area contributed by atoms with Gasteiger partial charge in [-0.25, -0.2) is 9.59 Å². The highest BCUT2D eigenvalue weighted by Crippen LogP contribution is 2.29. The van der Waals surface area contributed by atoms with Gasteiger partial charge in [0.15, 0.2) is 0 Å². The highest BCUT2D eigenvalue weighted by Gasteiger charge is 2.50. The van der Waals surface area contributed by atoms with Crippen molar-refractivity contribution in [1.82, 2.24) is 5.32 Å². The van der Waals surface area contributed by atoms with Gasteiger partial charge in [-0.15, -0.1) is 0 Å². The zero-order chi connectivity index (χ0) is 20.8. The minimum Gasteiger partial charge on any atom is -0.464 e. The zero-order valence-electron chi connectivity index (χ0n) is 15.5. The molecule has 0 bridgehead atoms. The lowest BCUT2D eigenvalue weighted by Crippen LogP contribution is -2.62. The number of rotatable bonds is 8. The highest BCUT2D eigenvalue weighted by molar-refractivity contribution is 6.31. The number of nitrogens with one attached hydrogen (secondary N) is 1. The Labute approximate surface area is 161 Å². The van der Waals surface area contributed by atoms with E-state index in [9.17, 15) is 24.5 Å².